The second-order valence-electron chi connectivity index (χ2n) is 3.31. The molecule has 0 saturated carbocycles. The number of hydrogen-bond acceptors (Lipinski definition) is 2. The molecule has 4 heteroatoms. The fraction of sp³-hybridized carbons (Fsp3) is 0.182. The zero-order valence-corrected chi connectivity index (χ0v) is 9.78. The number of hydrogen-bond donors (Lipinski definition) is 0. The number of rotatable bonds is 2. The Morgan fingerprint density at radius 2 is 2.33 bits per heavy atom. The van der Waals surface area contributed by atoms with Gasteiger partial charge in [0, 0.05) is 28.6 Å². The van der Waals surface area contributed by atoms with Crippen molar-refractivity contribution in [2.75, 3.05) is 0 Å². The van der Waals surface area contributed by atoms with Gasteiger partial charge in [0.15, 0.2) is 0 Å². The van der Waals surface area contributed by atoms with Crippen LogP contribution in [0.2, 0.25) is 0 Å². The van der Waals surface area contributed by atoms with E-state index < -0.39 is 0 Å². The second-order valence-corrected chi connectivity index (χ2v) is 4.16. The Kier molecular flexibility index (Phi) is 2.71. The average molecular weight is 265 g/mol. The summed E-state index contributed by atoms with van der Waals surface area (Å²) in [7, 11) is 1.99. The van der Waals surface area contributed by atoms with Crippen molar-refractivity contribution in [3.05, 3.63) is 34.4 Å². The fourth-order valence-corrected chi connectivity index (χ4v) is 2.47. The van der Waals surface area contributed by atoms with Crippen LogP contribution in [0.4, 0.5) is 0 Å². The molecule has 0 atom stereocenters. The molecule has 0 saturated heterocycles. The van der Waals surface area contributed by atoms with Gasteiger partial charge in [-0.1, -0.05) is 12.1 Å². The summed E-state index contributed by atoms with van der Waals surface area (Å²) in [6, 6.07) is 5.96. The predicted molar refractivity (Wildman–Crippen MR) is 62.4 cm³/mol. The van der Waals surface area contributed by atoms with Crippen molar-refractivity contribution in [3.63, 3.8) is 0 Å². The molecule has 0 spiro atoms. The first kappa shape index (κ1) is 10.1. The highest BCUT2D eigenvalue weighted by Crippen LogP contribution is 2.29. The molecule has 0 fully saturated rings. The lowest BCUT2D eigenvalue weighted by Gasteiger charge is -2.00. The zero-order chi connectivity index (χ0) is 10.8. The lowest BCUT2D eigenvalue weighted by atomic mass is 10.1. The van der Waals surface area contributed by atoms with Gasteiger partial charge in [0.25, 0.3) is 0 Å². The topological polar surface area (TPSA) is 34.4 Å². The van der Waals surface area contributed by atoms with Crippen LogP contribution in [0.15, 0.2) is 33.9 Å². The molecule has 0 bridgehead atoms. The first-order chi connectivity index (χ1) is 7.24. The van der Waals surface area contributed by atoms with E-state index in [1.807, 2.05) is 36.0 Å². The Labute approximate surface area is 95.6 Å². The van der Waals surface area contributed by atoms with Gasteiger partial charge in [-0.25, -0.2) is 9.79 Å². The maximum absolute atomic E-state index is 10.1. The maximum Gasteiger partial charge on any atom is 0.235 e. The predicted octanol–water partition coefficient (Wildman–Crippen LogP) is 2.78. The third-order valence-electron chi connectivity index (χ3n) is 2.37. The number of benzene rings is 1. The fourth-order valence-electron chi connectivity index (χ4n) is 1.71. The number of carbonyl (C=O) groups excluding carboxylic acids is 1. The number of isocyanates is 1. The van der Waals surface area contributed by atoms with Crippen molar-refractivity contribution < 1.29 is 4.79 Å². The SMILES string of the molecule is Cn1cc(Br)c2c(CN=C=O)cccc21. The molecule has 0 unspecified atom stereocenters. The van der Waals surface area contributed by atoms with E-state index in [4.69, 9.17) is 0 Å². The minimum Gasteiger partial charge on any atom is -0.349 e. The molecular weight excluding hydrogens is 256 g/mol. The van der Waals surface area contributed by atoms with Crippen LogP contribution in [-0.2, 0) is 18.4 Å². The van der Waals surface area contributed by atoms with E-state index in [0.717, 1.165) is 20.9 Å². The minimum absolute atomic E-state index is 0.378. The van der Waals surface area contributed by atoms with E-state index in [2.05, 4.69) is 20.9 Å². The van der Waals surface area contributed by atoms with Crippen molar-refractivity contribution in [1.82, 2.24) is 4.57 Å². The highest BCUT2D eigenvalue weighted by Gasteiger charge is 2.07. The maximum atomic E-state index is 10.1. The Hall–Kier alpha value is -1.38. The van der Waals surface area contributed by atoms with Crippen LogP contribution in [0, 0.1) is 0 Å². The Balaban J connectivity index is 2.69. The van der Waals surface area contributed by atoms with E-state index in [9.17, 15) is 4.79 Å². The van der Waals surface area contributed by atoms with E-state index in [0.29, 0.717) is 6.54 Å². The number of fused-ring (bicyclic) bond motifs is 1. The molecule has 0 N–H and O–H groups in total. The summed E-state index contributed by atoms with van der Waals surface area (Å²) in [4.78, 5) is 13.7. The Bertz CT molecular complexity index is 553. The zero-order valence-electron chi connectivity index (χ0n) is 8.20. The van der Waals surface area contributed by atoms with Crippen LogP contribution < -0.4 is 0 Å². The van der Waals surface area contributed by atoms with Gasteiger partial charge in [-0.3, -0.25) is 0 Å². The Morgan fingerprint density at radius 1 is 1.53 bits per heavy atom. The van der Waals surface area contributed by atoms with Crippen LogP contribution in [-0.4, -0.2) is 10.6 Å². The molecule has 76 valence electrons. The normalized spacial score (nSPS) is 10.3. The standard InChI is InChI=1S/C11H9BrN2O/c1-14-6-9(12)11-8(5-13-7-15)3-2-4-10(11)14/h2-4,6H,5H2,1H3. The molecule has 0 radical (unpaired) electrons. The van der Waals surface area contributed by atoms with E-state index in [1.165, 1.54) is 0 Å². The summed E-state index contributed by atoms with van der Waals surface area (Å²) in [5.41, 5.74) is 2.16. The largest absolute Gasteiger partial charge is 0.349 e. The van der Waals surface area contributed by atoms with Gasteiger partial charge in [0.1, 0.15) is 0 Å². The van der Waals surface area contributed by atoms with E-state index >= 15 is 0 Å². The highest BCUT2D eigenvalue weighted by atomic mass is 79.9. The first-order valence-corrected chi connectivity index (χ1v) is 5.29. The van der Waals surface area contributed by atoms with Crippen molar-refractivity contribution >= 4 is 32.9 Å². The van der Waals surface area contributed by atoms with Crippen molar-refractivity contribution in [2.45, 2.75) is 6.54 Å². The van der Waals surface area contributed by atoms with Gasteiger partial charge in [0.2, 0.25) is 6.08 Å². The summed E-state index contributed by atoms with van der Waals surface area (Å²) in [6.45, 7) is 0.378. The molecule has 1 heterocycles. The van der Waals surface area contributed by atoms with Gasteiger partial charge >= 0.3 is 0 Å². The number of halogens is 1. The average Bonchev–Trinajstić information content (AvgIpc) is 2.53. The van der Waals surface area contributed by atoms with E-state index in [-0.39, 0.29) is 0 Å². The summed E-state index contributed by atoms with van der Waals surface area (Å²) in [5, 5.41) is 1.11. The molecular formula is C11H9BrN2O. The molecule has 0 amide bonds. The molecule has 15 heavy (non-hydrogen) atoms. The monoisotopic (exact) mass is 264 g/mol. The van der Waals surface area contributed by atoms with Crippen LogP contribution in [0.5, 0.6) is 0 Å². The highest BCUT2D eigenvalue weighted by molar-refractivity contribution is 9.10. The number of aryl methyl sites for hydroxylation is 1. The van der Waals surface area contributed by atoms with Crippen LogP contribution in [0.3, 0.4) is 0 Å². The van der Waals surface area contributed by atoms with Gasteiger partial charge in [0.05, 0.1) is 6.54 Å². The molecule has 1 aromatic heterocycles. The first-order valence-electron chi connectivity index (χ1n) is 4.50. The molecule has 2 aromatic rings. The van der Waals surface area contributed by atoms with Gasteiger partial charge < -0.3 is 4.57 Å². The van der Waals surface area contributed by atoms with Gasteiger partial charge in [-0.15, -0.1) is 0 Å². The number of aromatic nitrogens is 1. The lowest BCUT2D eigenvalue weighted by molar-refractivity contribution is 0.563. The van der Waals surface area contributed by atoms with Crippen molar-refractivity contribution in [3.8, 4) is 0 Å². The molecule has 3 nitrogen and oxygen atoms in total. The van der Waals surface area contributed by atoms with Crippen LogP contribution >= 0.6 is 15.9 Å². The number of nitrogens with zero attached hydrogens (tertiary/aromatic N) is 2. The molecule has 0 aliphatic heterocycles. The summed E-state index contributed by atoms with van der Waals surface area (Å²) in [5.74, 6) is 0. The minimum atomic E-state index is 0.378. The number of aliphatic imine (C=N–C) groups is 1. The van der Waals surface area contributed by atoms with Crippen LogP contribution in [0.1, 0.15) is 5.56 Å². The summed E-state index contributed by atoms with van der Waals surface area (Å²) in [6.07, 6.45) is 3.56. The third-order valence-corrected chi connectivity index (χ3v) is 2.97. The Morgan fingerprint density at radius 3 is 3.07 bits per heavy atom. The molecule has 0 aliphatic rings. The lowest BCUT2D eigenvalue weighted by Crippen LogP contribution is -1.86. The van der Waals surface area contributed by atoms with Gasteiger partial charge in [-0.05, 0) is 27.6 Å². The molecule has 2 rings (SSSR count). The summed E-state index contributed by atoms with van der Waals surface area (Å²) >= 11 is 3.50. The van der Waals surface area contributed by atoms with Crippen molar-refractivity contribution in [2.24, 2.45) is 12.0 Å². The second kappa shape index (κ2) is 4.01. The van der Waals surface area contributed by atoms with Gasteiger partial charge in [-0.2, -0.15) is 0 Å². The molecule has 1 aromatic carbocycles. The van der Waals surface area contributed by atoms with Crippen LogP contribution in [0.25, 0.3) is 10.9 Å². The third kappa shape index (κ3) is 1.74. The summed E-state index contributed by atoms with van der Waals surface area (Å²) < 4.78 is 3.06. The molecule has 0 aliphatic carbocycles. The quantitative estimate of drug-likeness (QED) is 0.607. The van der Waals surface area contributed by atoms with E-state index in [1.54, 1.807) is 6.08 Å². The van der Waals surface area contributed by atoms with Crippen molar-refractivity contribution in [1.29, 1.82) is 0 Å². The smallest absolute Gasteiger partial charge is 0.235 e.